The van der Waals surface area contributed by atoms with Crippen LogP contribution in [-0.2, 0) is 22.5 Å². The lowest BCUT2D eigenvalue weighted by atomic mass is 9.86. The van der Waals surface area contributed by atoms with Crippen molar-refractivity contribution in [1.82, 2.24) is 14.5 Å². The van der Waals surface area contributed by atoms with E-state index < -0.39 is 15.4 Å². The Bertz CT molecular complexity index is 1310. The highest BCUT2D eigenvalue weighted by Gasteiger charge is 2.41. The van der Waals surface area contributed by atoms with Gasteiger partial charge in [-0.2, -0.15) is 0 Å². The Morgan fingerprint density at radius 2 is 1.76 bits per heavy atom. The Labute approximate surface area is 169 Å². The van der Waals surface area contributed by atoms with Crippen LogP contribution in [0.25, 0.3) is 11.0 Å². The van der Waals surface area contributed by atoms with Crippen molar-refractivity contribution < 1.29 is 13.5 Å². The summed E-state index contributed by atoms with van der Waals surface area (Å²) < 4.78 is 25.7. The summed E-state index contributed by atoms with van der Waals surface area (Å²) in [5.41, 5.74) is 1.54. The Morgan fingerprint density at radius 3 is 2.41 bits per heavy atom. The molecule has 1 atom stereocenters. The Morgan fingerprint density at radius 1 is 1.03 bits per heavy atom. The van der Waals surface area contributed by atoms with Crippen molar-refractivity contribution in [1.29, 1.82) is 0 Å². The summed E-state index contributed by atoms with van der Waals surface area (Å²) in [5, 5.41) is 12.1. The minimum Gasteiger partial charge on any atom is -0.372 e. The Kier molecular flexibility index (Phi) is 4.52. The highest BCUT2D eigenvalue weighted by atomic mass is 32.2. The number of aliphatic hydroxyl groups is 1. The average Bonchev–Trinajstić information content (AvgIpc) is 3.04. The lowest BCUT2D eigenvalue weighted by Gasteiger charge is -2.29. The Balaban J connectivity index is 2.06. The van der Waals surface area contributed by atoms with Crippen molar-refractivity contribution in [2.75, 3.05) is 6.26 Å². The van der Waals surface area contributed by atoms with Gasteiger partial charge in [0.25, 0.3) is 0 Å². The molecule has 1 unspecified atom stereocenters. The minimum atomic E-state index is -3.36. The van der Waals surface area contributed by atoms with Crippen LogP contribution in [0.3, 0.4) is 0 Å². The fraction of sp³-hybridized carbons (Fsp3) is 0.182. The average molecular weight is 407 g/mol. The molecule has 7 heteroatoms. The molecule has 0 radical (unpaired) electrons. The molecule has 0 bridgehead atoms. The van der Waals surface area contributed by atoms with Crippen LogP contribution in [-0.4, -0.2) is 34.3 Å². The lowest BCUT2D eigenvalue weighted by Crippen LogP contribution is -2.34. The molecule has 0 aliphatic heterocycles. The SMILES string of the molecule is Cc1cccnc1C(O)(c1ccccc1)c1nc2ccc(S(C)(=O)=O)cc2n1C. The number of sulfone groups is 1. The smallest absolute Gasteiger partial charge is 0.190 e. The number of imidazole rings is 1. The van der Waals surface area contributed by atoms with Gasteiger partial charge in [0.1, 0.15) is 0 Å². The summed E-state index contributed by atoms with van der Waals surface area (Å²) in [6.45, 7) is 1.89. The molecule has 0 aliphatic carbocycles. The maximum Gasteiger partial charge on any atom is 0.190 e. The molecule has 0 spiro atoms. The minimum absolute atomic E-state index is 0.205. The van der Waals surface area contributed by atoms with Gasteiger partial charge in [-0.3, -0.25) is 4.98 Å². The molecule has 0 saturated heterocycles. The number of pyridine rings is 1. The number of hydrogen-bond acceptors (Lipinski definition) is 5. The van der Waals surface area contributed by atoms with Crippen LogP contribution >= 0.6 is 0 Å². The Hall–Kier alpha value is -3.03. The van der Waals surface area contributed by atoms with Crippen molar-refractivity contribution >= 4 is 20.9 Å². The van der Waals surface area contributed by atoms with E-state index in [1.807, 2.05) is 49.4 Å². The fourth-order valence-electron chi connectivity index (χ4n) is 3.64. The predicted molar refractivity (Wildman–Crippen MR) is 111 cm³/mol. The fourth-order valence-corrected chi connectivity index (χ4v) is 4.28. The first-order valence-electron chi connectivity index (χ1n) is 9.10. The molecule has 0 amide bonds. The third kappa shape index (κ3) is 3.12. The summed E-state index contributed by atoms with van der Waals surface area (Å²) >= 11 is 0. The van der Waals surface area contributed by atoms with Gasteiger partial charge in [-0.15, -0.1) is 0 Å². The van der Waals surface area contributed by atoms with E-state index in [1.165, 1.54) is 12.3 Å². The summed E-state index contributed by atoms with van der Waals surface area (Å²) in [5.74, 6) is 0.367. The number of hydrogen-bond donors (Lipinski definition) is 1. The van der Waals surface area contributed by atoms with Crippen LogP contribution in [0.4, 0.5) is 0 Å². The highest BCUT2D eigenvalue weighted by Crippen LogP contribution is 2.37. The number of nitrogens with zero attached hydrogens (tertiary/aromatic N) is 3. The van der Waals surface area contributed by atoms with Crippen molar-refractivity contribution in [3.05, 3.63) is 89.5 Å². The number of rotatable bonds is 4. The molecule has 4 rings (SSSR count). The molecule has 4 aromatic rings. The zero-order valence-corrected chi connectivity index (χ0v) is 17.2. The standard InChI is InChI=1S/C22H21N3O3S/c1-15-8-7-13-23-20(15)22(26,16-9-5-4-6-10-16)21-24-18-12-11-17(29(3,27)28)14-19(18)25(21)2/h4-14,26H,1-3H3. The van der Waals surface area contributed by atoms with Crippen molar-refractivity contribution in [2.24, 2.45) is 7.05 Å². The topological polar surface area (TPSA) is 85.1 Å². The molecular weight excluding hydrogens is 386 g/mol. The molecule has 2 heterocycles. The molecule has 0 saturated carbocycles. The van der Waals surface area contributed by atoms with E-state index >= 15 is 0 Å². The van der Waals surface area contributed by atoms with E-state index in [2.05, 4.69) is 9.97 Å². The summed E-state index contributed by atoms with van der Waals surface area (Å²) in [6, 6.07) is 17.7. The predicted octanol–water partition coefficient (Wildman–Crippen LogP) is 2.96. The van der Waals surface area contributed by atoms with Crippen molar-refractivity contribution in [3.63, 3.8) is 0 Å². The highest BCUT2D eigenvalue weighted by molar-refractivity contribution is 7.90. The second kappa shape index (κ2) is 6.79. The van der Waals surface area contributed by atoms with Gasteiger partial charge < -0.3 is 9.67 Å². The van der Waals surface area contributed by atoms with Crippen LogP contribution in [0.2, 0.25) is 0 Å². The van der Waals surface area contributed by atoms with Crippen LogP contribution < -0.4 is 0 Å². The molecule has 2 aromatic heterocycles. The van der Waals surface area contributed by atoms with Gasteiger partial charge in [0, 0.05) is 19.5 Å². The largest absolute Gasteiger partial charge is 0.372 e. The first-order chi connectivity index (χ1) is 13.7. The first-order valence-corrected chi connectivity index (χ1v) is 11.0. The third-order valence-electron chi connectivity index (χ3n) is 5.15. The molecule has 0 aliphatic rings. The summed E-state index contributed by atoms with van der Waals surface area (Å²) in [7, 11) is -1.60. The number of benzene rings is 2. The van der Waals surface area contributed by atoms with Gasteiger partial charge >= 0.3 is 0 Å². The first kappa shape index (κ1) is 19.3. The van der Waals surface area contributed by atoms with Crippen molar-refractivity contribution in [2.45, 2.75) is 17.4 Å². The van der Waals surface area contributed by atoms with Gasteiger partial charge in [-0.1, -0.05) is 36.4 Å². The maximum atomic E-state index is 12.1. The van der Waals surface area contributed by atoms with Crippen LogP contribution in [0, 0.1) is 6.92 Å². The molecule has 0 fully saturated rings. The van der Waals surface area contributed by atoms with Crippen LogP contribution in [0.1, 0.15) is 22.6 Å². The van der Waals surface area contributed by atoms with Crippen molar-refractivity contribution in [3.8, 4) is 0 Å². The van der Waals surface area contributed by atoms with E-state index in [0.29, 0.717) is 28.1 Å². The van der Waals surface area contributed by atoms with Crippen LogP contribution in [0.5, 0.6) is 0 Å². The van der Waals surface area contributed by atoms with Gasteiger partial charge in [0.05, 0.1) is 21.6 Å². The van der Waals surface area contributed by atoms with Gasteiger partial charge in [-0.05, 0) is 42.3 Å². The molecule has 6 nitrogen and oxygen atoms in total. The van der Waals surface area contributed by atoms with Gasteiger partial charge in [-0.25, -0.2) is 13.4 Å². The second-order valence-electron chi connectivity index (χ2n) is 7.16. The summed E-state index contributed by atoms with van der Waals surface area (Å²) in [4.78, 5) is 9.36. The van der Waals surface area contributed by atoms with E-state index in [1.54, 1.807) is 29.9 Å². The molecule has 2 aromatic carbocycles. The second-order valence-corrected chi connectivity index (χ2v) is 9.18. The number of aromatic nitrogens is 3. The molecular formula is C22H21N3O3S. The maximum absolute atomic E-state index is 12.1. The van der Waals surface area contributed by atoms with E-state index in [0.717, 1.165) is 5.56 Å². The van der Waals surface area contributed by atoms with Gasteiger partial charge in [0.15, 0.2) is 21.3 Å². The number of fused-ring (bicyclic) bond motifs is 1. The van der Waals surface area contributed by atoms with E-state index in [4.69, 9.17) is 0 Å². The lowest BCUT2D eigenvalue weighted by molar-refractivity contribution is 0.107. The third-order valence-corrected chi connectivity index (χ3v) is 6.26. The quantitative estimate of drug-likeness (QED) is 0.562. The molecule has 29 heavy (non-hydrogen) atoms. The van der Waals surface area contributed by atoms with Crippen LogP contribution in [0.15, 0.2) is 71.8 Å². The molecule has 1 N–H and O–H groups in total. The molecule has 148 valence electrons. The number of aryl methyl sites for hydroxylation is 2. The normalized spacial score (nSPS) is 14.1. The zero-order chi connectivity index (χ0) is 20.8. The van der Waals surface area contributed by atoms with Gasteiger partial charge in [0.2, 0.25) is 0 Å². The van der Waals surface area contributed by atoms with E-state index in [9.17, 15) is 13.5 Å². The zero-order valence-electron chi connectivity index (χ0n) is 16.4. The summed E-state index contributed by atoms with van der Waals surface area (Å²) in [6.07, 6.45) is 2.81. The van der Waals surface area contributed by atoms with E-state index in [-0.39, 0.29) is 4.90 Å². The monoisotopic (exact) mass is 407 g/mol.